The van der Waals surface area contributed by atoms with Crippen LogP contribution in [0, 0.1) is 5.92 Å². The van der Waals surface area contributed by atoms with Crippen LogP contribution in [-0.2, 0) is 6.54 Å². The van der Waals surface area contributed by atoms with Gasteiger partial charge in [-0.05, 0) is 47.5 Å². The molecule has 0 unspecified atom stereocenters. The minimum atomic E-state index is 0.0142. The summed E-state index contributed by atoms with van der Waals surface area (Å²) in [6.45, 7) is 2.40. The molecule has 20 heavy (non-hydrogen) atoms. The van der Waals surface area contributed by atoms with Crippen molar-refractivity contribution < 1.29 is 0 Å². The van der Waals surface area contributed by atoms with Gasteiger partial charge in [-0.15, -0.1) is 0 Å². The summed E-state index contributed by atoms with van der Waals surface area (Å²) in [5, 5.41) is 4.27. The average Bonchev–Trinajstić information content (AvgIpc) is 2.36. The largest absolute Gasteiger partial charge is 0.365 e. The fourth-order valence-corrected chi connectivity index (χ4v) is 3.52. The molecular weight excluding hydrogens is 320 g/mol. The summed E-state index contributed by atoms with van der Waals surface area (Å²) in [7, 11) is 0. The monoisotopic (exact) mass is 340 g/mol. The summed E-state index contributed by atoms with van der Waals surface area (Å²) in [4.78, 5) is 14.8. The molecule has 1 saturated heterocycles. The van der Waals surface area contributed by atoms with Gasteiger partial charge in [-0.25, -0.2) is 4.68 Å². The first-order valence-electron chi connectivity index (χ1n) is 7.41. The van der Waals surface area contributed by atoms with E-state index in [1.807, 2.05) is 0 Å². The molecular formula is C14H21BrN4O. The first-order chi connectivity index (χ1) is 9.65. The van der Waals surface area contributed by atoms with E-state index in [0.29, 0.717) is 5.92 Å². The number of rotatable bonds is 3. The van der Waals surface area contributed by atoms with E-state index in [1.54, 1.807) is 10.9 Å². The number of halogens is 1. The molecule has 6 heteroatoms. The van der Waals surface area contributed by atoms with Crippen molar-refractivity contribution in [1.82, 2.24) is 9.78 Å². The number of hydrogen-bond acceptors (Lipinski definition) is 4. The molecule has 5 nitrogen and oxygen atoms in total. The van der Waals surface area contributed by atoms with Crippen LogP contribution in [0.1, 0.15) is 32.1 Å². The first kappa shape index (κ1) is 14.1. The molecule has 2 fully saturated rings. The Balaban J connectivity index is 1.88. The van der Waals surface area contributed by atoms with Crippen molar-refractivity contribution in [3.63, 3.8) is 0 Å². The second-order valence-electron chi connectivity index (χ2n) is 5.97. The maximum atomic E-state index is 12.7. The van der Waals surface area contributed by atoms with Gasteiger partial charge in [0.25, 0.3) is 5.56 Å². The summed E-state index contributed by atoms with van der Waals surface area (Å²) in [6, 6.07) is 0.156. The summed E-state index contributed by atoms with van der Waals surface area (Å²) in [5.74, 6) is 0.623. The molecule has 1 atom stereocenters. The van der Waals surface area contributed by atoms with Crippen molar-refractivity contribution in [3.05, 3.63) is 21.0 Å². The number of hydrogen-bond donors (Lipinski definition) is 1. The van der Waals surface area contributed by atoms with E-state index in [4.69, 9.17) is 5.73 Å². The molecule has 110 valence electrons. The standard InChI is InChI=1S/C14H21BrN4O/c15-12-7-17-19(8-10-3-1-4-10)14(20)13(12)18-6-2-5-11(16)9-18/h7,10-11H,1-6,8-9,16H2/t11-/m1/s1. The van der Waals surface area contributed by atoms with Crippen LogP contribution in [0.4, 0.5) is 5.69 Å². The molecule has 2 N–H and O–H groups in total. The van der Waals surface area contributed by atoms with Crippen molar-refractivity contribution in [3.8, 4) is 0 Å². The average molecular weight is 341 g/mol. The lowest BCUT2D eigenvalue weighted by atomic mass is 9.85. The summed E-state index contributed by atoms with van der Waals surface area (Å²) < 4.78 is 2.41. The van der Waals surface area contributed by atoms with Gasteiger partial charge in [0, 0.05) is 25.7 Å². The fraction of sp³-hybridized carbons (Fsp3) is 0.714. The van der Waals surface area contributed by atoms with E-state index in [-0.39, 0.29) is 11.6 Å². The Bertz CT molecular complexity index is 540. The van der Waals surface area contributed by atoms with E-state index < -0.39 is 0 Å². The van der Waals surface area contributed by atoms with E-state index in [0.717, 1.165) is 42.6 Å². The molecule has 1 aliphatic carbocycles. The van der Waals surface area contributed by atoms with Gasteiger partial charge in [-0.1, -0.05) is 6.42 Å². The Morgan fingerprint density at radius 3 is 2.80 bits per heavy atom. The zero-order valence-electron chi connectivity index (χ0n) is 11.6. The topological polar surface area (TPSA) is 64.2 Å². The Labute approximate surface area is 127 Å². The van der Waals surface area contributed by atoms with Crippen LogP contribution in [0.25, 0.3) is 0 Å². The van der Waals surface area contributed by atoms with E-state index >= 15 is 0 Å². The van der Waals surface area contributed by atoms with Crippen LogP contribution in [0.3, 0.4) is 0 Å². The smallest absolute Gasteiger partial charge is 0.291 e. The van der Waals surface area contributed by atoms with Crippen molar-refractivity contribution in [2.45, 2.75) is 44.7 Å². The normalized spacial score (nSPS) is 23.7. The Morgan fingerprint density at radius 1 is 1.35 bits per heavy atom. The lowest BCUT2D eigenvalue weighted by molar-refractivity contribution is 0.261. The molecule has 0 bridgehead atoms. The number of nitrogens with two attached hydrogens (primary N) is 1. The Kier molecular flexibility index (Phi) is 4.12. The van der Waals surface area contributed by atoms with Gasteiger partial charge >= 0.3 is 0 Å². The molecule has 2 aliphatic rings. The molecule has 0 aromatic carbocycles. The third-order valence-corrected chi connectivity index (χ3v) is 4.98. The van der Waals surface area contributed by atoms with Crippen LogP contribution in [0.5, 0.6) is 0 Å². The van der Waals surface area contributed by atoms with Gasteiger partial charge in [0.1, 0.15) is 5.69 Å². The first-order valence-corrected chi connectivity index (χ1v) is 8.20. The van der Waals surface area contributed by atoms with Gasteiger partial charge in [0.2, 0.25) is 0 Å². The molecule has 1 aliphatic heterocycles. The lowest BCUT2D eigenvalue weighted by Crippen LogP contribution is -2.46. The Hall–Kier alpha value is -0.880. The minimum absolute atomic E-state index is 0.0142. The second-order valence-corrected chi connectivity index (χ2v) is 6.83. The van der Waals surface area contributed by atoms with Crippen LogP contribution in [0.2, 0.25) is 0 Å². The summed E-state index contributed by atoms with van der Waals surface area (Å²) in [6.07, 6.45) is 7.54. The maximum Gasteiger partial charge on any atom is 0.291 e. The van der Waals surface area contributed by atoms with Gasteiger partial charge in [0.05, 0.1) is 10.7 Å². The highest BCUT2D eigenvalue weighted by molar-refractivity contribution is 9.10. The highest BCUT2D eigenvalue weighted by Gasteiger charge is 2.24. The highest BCUT2D eigenvalue weighted by Crippen LogP contribution is 2.28. The molecule has 2 heterocycles. The third-order valence-electron chi connectivity index (χ3n) is 4.40. The van der Waals surface area contributed by atoms with E-state index in [2.05, 4.69) is 25.9 Å². The van der Waals surface area contributed by atoms with Gasteiger partial charge < -0.3 is 10.6 Å². The molecule has 1 saturated carbocycles. The number of piperidine rings is 1. The predicted molar refractivity (Wildman–Crippen MR) is 83.0 cm³/mol. The second kappa shape index (κ2) is 5.85. The van der Waals surface area contributed by atoms with Crippen LogP contribution in [-0.4, -0.2) is 28.9 Å². The quantitative estimate of drug-likeness (QED) is 0.910. The van der Waals surface area contributed by atoms with E-state index in [1.165, 1.54) is 19.3 Å². The molecule has 0 spiro atoms. The van der Waals surface area contributed by atoms with Gasteiger partial charge in [0.15, 0.2) is 0 Å². The summed E-state index contributed by atoms with van der Waals surface area (Å²) >= 11 is 3.48. The number of aromatic nitrogens is 2. The van der Waals surface area contributed by atoms with Crippen molar-refractivity contribution in [1.29, 1.82) is 0 Å². The molecule has 0 radical (unpaired) electrons. The maximum absolute atomic E-state index is 12.7. The van der Waals surface area contributed by atoms with Crippen molar-refractivity contribution in [2.75, 3.05) is 18.0 Å². The number of nitrogens with zero attached hydrogens (tertiary/aromatic N) is 3. The van der Waals surface area contributed by atoms with Gasteiger partial charge in [-0.2, -0.15) is 5.10 Å². The van der Waals surface area contributed by atoms with Crippen LogP contribution in [0.15, 0.2) is 15.5 Å². The third kappa shape index (κ3) is 2.76. The number of anilines is 1. The minimum Gasteiger partial charge on any atom is -0.365 e. The van der Waals surface area contributed by atoms with E-state index in [9.17, 15) is 4.79 Å². The molecule has 0 amide bonds. The van der Waals surface area contributed by atoms with Crippen LogP contribution < -0.4 is 16.2 Å². The lowest BCUT2D eigenvalue weighted by Gasteiger charge is -2.33. The van der Waals surface area contributed by atoms with Crippen molar-refractivity contribution >= 4 is 21.6 Å². The summed E-state index contributed by atoms with van der Waals surface area (Å²) in [5.41, 5.74) is 6.78. The Morgan fingerprint density at radius 2 is 2.15 bits per heavy atom. The molecule has 3 rings (SSSR count). The predicted octanol–water partition coefficient (Wildman–Crippen LogP) is 1.73. The zero-order valence-corrected chi connectivity index (χ0v) is 13.2. The van der Waals surface area contributed by atoms with Crippen molar-refractivity contribution in [2.24, 2.45) is 11.7 Å². The molecule has 1 aromatic heterocycles. The molecule has 1 aromatic rings. The highest BCUT2D eigenvalue weighted by atomic mass is 79.9. The zero-order chi connectivity index (χ0) is 14.1. The SMILES string of the molecule is N[C@@H]1CCCN(c2c(Br)cnn(CC3CCC3)c2=O)C1. The van der Waals surface area contributed by atoms with Crippen LogP contribution >= 0.6 is 15.9 Å². The van der Waals surface area contributed by atoms with Gasteiger partial charge in [-0.3, -0.25) is 4.79 Å². The fourth-order valence-electron chi connectivity index (χ4n) is 3.01.